The van der Waals surface area contributed by atoms with Gasteiger partial charge in [-0.3, -0.25) is 9.59 Å². The van der Waals surface area contributed by atoms with E-state index >= 15 is 0 Å². The number of anilines is 1. The van der Waals surface area contributed by atoms with Gasteiger partial charge in [0.1, 0.15) is 0 Å². The summed E-state index contributed by atoms with van der Waals surface area (Å²) in [5.74, 6) is -0.444. The van der Waals surface area contributed by atoms with E-state index in [0.717, 1.165) is 17.5 Å². The van der Waals surface area contributed by atoms with Crippen molar-refractivity contribution < 1.29 is 9.59 Å². The molecule has 0 saturated heterocycles. The van der Waals surface area contributed by atoms with Crippen molar-refractivity contribution in [3.8, 4) is 6.07 Å². The summed E-state index contributed by atoms with van der Waals surface area (Å²) < 4.78 is 0. The summed E-state index contributed by atoms with van der Waals surface area (Å²) in [5.41, 5.74) is 4.03. The van der Waals surface area contributed by atoms with Gasteiger partial charge in [-0.25, -0.2) is 4.90 Å². The lowest BCUT2D eigenvalue weighted by molar-refractivity contribution is 0.0925. The van der Waals surface area contributed by atoms with Crippen LogP contribution in [0.5, 0.6) is 0 Å². The van der Waals surface area contributed by atoms with Gasteiger partial charge in [-0.05, 0) is 35.1 Å². The van der Waals surface area contributed by atoms with Crippen LogP contribution in [0.2, 0.25) is 0 Å². The van der Waals surface area contributed by atoms with Crippen LogP contribution in [0.25, 0.3) is 0 Å². The molecule has 3 rings (SSSR count). The monoisotopic (exact) mass is 332 g/mol. The number of nitriles is 1. The molecular formula is C21H20N2O2. The van der Waals surface area contributed by atoms with Crippen LogP contribution in [0.4, 0.5) is 5.69 Å². The van der Waals surface area contributed by atoms with E-state index in [4.69, 9.17) is 5.26 Å². The molecule has 4 heteroatoms. The molecular weight excluding hydrogens is 312 g/mol. The number of carbonyl (C=O) groups excluding carboxylic acids is 2. The molecule has 0 saturated carbocycles. The van der Waals surface area contributed by atoms with Gasteiger partial charge in [-0.2, -0.15) is 5.26 Å². The number of rotatable bonds is 4. The highest BCUT2D eigenvalue weighted by Crippen LogP contribution is 2.37. The highest BCUT2D eigenvalue weighted by Gasteiger charge is 2.40. The maximum Gasteiger partial charge on any atom is 0.266 e. The summed E-state index contributed by atoms with van der Waals surface area (Å²) >= 11 is 0. The second-order valence-corrected chi connectivity index (χ2v) is 6.48. The number of para-hydroxylation sites is 1. The van der Waals surface area contributed by atoms with Crippen LogP contribution >= 0.6 is 0 Å². The van der Waals surface area contributed by atoms with Crippen LogP contribution in [0.1, 0.15) is 64.1 Å². The second kappa shape index (κ2) is 6.52. The quantitative estimate of drug-likeness (QED) is 0.787. The molecule has 1 aliphatic rings. The Kier molecular flexibility index (Phi) is 4.41. The van der Waals surface area contributed by atoms with Crippen LogP contribution in [0.15, 0.2) is 36.4 Å². The molecule has 1 aliphatic heterocycles. The molecule has 0 bridgehead atoms. The number of nitrogens with zero attached hydrogens (tertiary/aromatic N) is 2. The maximum absolute atomic E-state index is 13.1. The zero-order valence-corrected chi connectivity index (χ0v) is 14.7. The highest BCUT2D eigenvalue weighted by atomic mass is 16.2. The molecule has 0 aliphatic carbocycles. The van der Waals surface area contributed by atoms with Crippen LogP contribution in [-0.2, 0) is 12.8 Å². The molecule has 2 aromatic carbocycles. The number of carbonyl (C=O) groups is 2. The van der Waals surface area contributed by atoms with Crippen LogP contribution < -0.4 is 4.90 Å². The second-order valence-electron chi connectivity index (χ2n) is 6.48. The minimum Gasteiger partial charge on any atom is -0.268 e. The first-order valence-electron chi connectivity index (χ1n) is 8.50. The van der Waals surface area contributed by atoms with Crippen LogP contribution in [-0.4, -0.2) is 11.8 Å². The van der Waals surface area contributed by atoms with E-state index in [1.165, 1.54) is 4.90 Å². The van der Waals surface area contributed by atoms with E-state index < -0.39 is 0 Å². The fourth-order valence-corrected chi connectivity index (χ4v) is 3.43. The third-order valence-electron chi connectivity index (χ3n) is 4.65. The van der Waals surface area contributed by atoms with E-state index in [1.54, 1.807) is 18.2 Å². The Morgan fingerprint density at radius 1 is 1.04 bits per heavy atom. The summed E-state index contributed by atoms with van der Waals surface area (Å²) in [6.07, 6.45) is 0.844. The number of benzene rings is 2. The lowest BCUT2D eigenvalue weighted by Gasteiger charge is -2.23. The van der Waals surface area contributed by atoms with Gasteiger partial charge in [0.2, 0.25) is 0 Å². The van der Waals surface area contributed by atoms with Crippen molar-refractivity contribution >= 4 is 17.5 Å². The molecule has 0 radical (unpaired) electrons. The minimum atomic E-state index is -0.325. The molecule has 0 fully saturated rings. The number of aryl methyl sites for hydroxylation is 1. The van der Waals surface area contributed by atoms with Crippen molar-refractivity contribution in [2.75, 3.05) is 4.90 Å². The first-order valence-corrected chi connectivity index (χ1v) is 8.50. The van der Waals surface area contributed by atoms with Gasteiger partial charge in [-0.1, -0.05) is 51.1 Å². The normalized spacial score (nSPS) is 13.3. The predicted octanol–water partition coefficient (Wildman–Crippen LogP) is 4.24. The maximum atomic E-state index is 13.1. The topological polar surface area (TPSA) is 61.2 Å². The molecule has 2 aromatic rings. The lowest BCUT2D eigenvalue weighted by atomic mass is 9.95. The van der Waals surface area contributed by atoms with Gasteiger partial charge in [0, 0.05) is 0 Å². The summed E-state index contributed by atoms with van der Waals surface area (Å²) in [4.78, 5) is 27.5. The highest BCUT2D eigenvalue weighted by molar-refractivity contribution is 6.35. The van der Waals surface area contributed by atoms with Gasteiger partial charge in [0.15, 0.2) is 0 Å². The van der Waals surface area contributed by atoms with Crippen LogP contribution in [0.3, 0.4) is 0 Å². The Hall–Kier alpha value is -2.93. The number of amides is 2. The molecule has 4 nitrogen and oxygen atoms in total. The minimum absolute atomic E-state index is 0.114. The largest absolute Gasteiger partial charge is 0.268 e. The van der Waals surface area contributed by atoms with Crippen molar-refractivity contribution in [2.45, 2.75) is 39.5 Å². The Labute approximate surface area is 147 Å². The Morgan fingerprint density at radius 3 is 2.36 bits per heavy atom. The van der Waals surface area contributed by atoms with Crippen molar-refractivity contribution in [2.24, 2.45) is 0 Å². The fraction of sp³-hybridized carbons (Fsp3) is 0.286. The summed E-state index contributed by atoms with van der Waals surface area (Å²) in [6, 6.07) is 13.1. The number of fused-ring (bicyclic) bond motifs is 1. The number of imide groups is 1. The third-order valence-corrected chi connectivity index (χ3v) is 4.65. The average Bonchev–Trinajstić information content (AvgIpc) is 2.86. The lowest BCUT2D eigenvalue weighted by Crippen LogP contribution is -2.31. The molecule has 0 spiro atoms. The molecule has 1 heterocycles. The van der Waals surface area contributed by atoms with E-state index in [1.807, 2.05) is 25.1 Å². The molecule has 0 N–H and O–H groups in total. The van der Waals surface area contributed by atoms with Crippen molar-refractivity contribution in [3.63, 3.8) is 0 Å². The molecule has 0 unspecified atom stereocenters. The predicted molar refractivity (Wildman–Crippen MR) is 96.8 cm³/mol. The molecule has 0 aromatic heterocycles. The fourth-order valence-electron chi connectivity index (χ4n) is 3.43. The molecule has 0 atom stereocenters. The van der Waals surface area contributed by atoms with Crippen molar-refractivity contribution in [1.82, 2.24) is 0 Å². The van der Waals surface area contributed by atoms with Crippen molar-refractivity contribution in [1.29, 1.82) is 5.26 Å². The summed E-state index contributed by atoms with van der Waals surface area (Å²) in [7, 11) is 0. The van der Waals surface area contributed by atoms with E-state index in [2.05, 4.69) is 19.9 Å². The van der Waals surface area contributed by atoms with E-state index in [-0.39, 0.29) is 24.2 Å². The number of hydrogen-bond donors (Lipinski definition) is 0. The zero-order valence-electron chi connectivity index (χ0n) is 14.7. The first kappa shape index (κ1) is 16.9. The Morgan fingerprint density at radius 2 is 1.72 bits per heavy atom. The first-order chi connectivity index (χ1) is 12.0. The Balaban J connectivity index is 2.22. The van der Waals surface area contributed by atoms with Crippen molar-refractivity contribution in [3.05, 3.63) is 64.2 Å². The summed E-state index contributed by atoms with van der Waals surface area (Å²) in [6.45, 7) is 6.12. The van der Waals surface area contributed by atoms with Gasteiger partial charge in [0.25, 0.3) is 11.8 Å². The van der Waals surface area contributed by atoms with Gasteiger partial charge in [0.05, 0.1) is 29.3 Å². The van der Waals surface area contributed by atoms with E-state index in [9.17, 15) is 9.59 Å². The smallest absolute Gasteiger partial charge is 0.266 e. The zero-order chi connectivity index (χ0) is 18.1. The Bertz CT molecular complexity index is 907. The number of hydrogen-bond acceptors (Lipinski definition) is 3. The van der Waals surface area contributed by atoms with Gasteiger partial charge in [-0.15, -0.1) is 0 Å². The van der Waals surface area contributed by atoms with E-state index in [0.29, 0.717) is 22.4 Å². The third kappa shape index (κ3) is 2.62. The molecule has 25 heavy (non-hydrogen) atoms. The standard InChI is InChI=1S/C21H20N2O2/c1-4-14-7-5-9-16(13(2)3)19(14)23-20(24)17-10-6-8-15(11-12-22)18(17)21(23)25/h5-10,13H,4,11H2,1-3H3. The van der Waals surface area contributed by atoms with Crippen LogP contribution in [0, 0.1) is 11.3 Å². The van der Waals surface area contributed by atoms with Gasteiger partial charge >= 0.3 is 0 Å². The molecule has 126 valence electrons. The summed E-state index contributed by atoms with van der Waals surface area (Å²) in [5, 5.41) is 9.03. The average molecular weight is 332 g/mol. The SMILES string of the molecule is CCc1cccc(C(C)C)c1N1C(=O)c2cccc(CC#N)c2C1=O. The van der Waals surface area contributed by atoms with Gasteiger partial charge < -0.3 is 0 Å². The molecule has 2 amide bonds.